The van der Waals surface area contributed by atoms with Crippen LogP contribution in [0.15, 0.2) is 24.5 Å². The number of carbonyl (C=O) groups excluding carboxylic acids is 1. The number of nitrogens with zero attached hydrogens (tertiary/aromatic N) is 3. The predicted octanol–water partition coefficient (Wildman–Crippen LogP) is 1.63. The molecule has 0 bridgehead atoms. The Morgan fingerprint density at radius 3 is 2.79 bits per heavy atom. The van der Waals surface area contributed by atoms with Crippen molar-refractivity contribution in [2.75, 3.05) is 10.8 Å². The van der Waals surface area contributed by atoms with E-state index in [-0.39, 0.29) is 23.5 Å². The van der Waals surface area contributed by atoms with Gasteiger partial charge in [0.25, 0.3) is 5.91 Å². The summed E-state index contributed by atoms with van der Waals surface area (Å²) in [5, 5.41) is 14.3. The molecule has 1 aromatic heterocycles. The molecule has 1 aromatic carbocycles. The minimum atomic E-state index is -1.91. The molecule has 1 aliphatic heterocycles. The Morgan fingerprint density at radius 1 is 1.38 bits per heavy atom. The van der Waals surface area contributed by atoms with Crippen LogP contribution >= 0.6 is 0 Å². The van der Waals surface area contributed by atoms with Crippen LogP contribution in [0.5, 0.6) is 5.75 Å². The summed E-state index contributed by atoms with van der Waals surface area (Å²) < 4.78 is 31.9. The predicted molar refractivity (Wildman–Crippen MR) is 85.8 cm³/mol. The van der Waals surface area contributed by atoms with E-state index in [4.69, 9.17) is 0 Å². The maximum atomic E-state index is 15.0. The molecule has 7 nitrogen and oxygen atoms in total. The lowest BCUT2D eigenvalue weighted by Gasteiger charge is -2.25. The molecule has 2 N–H and O–H groups in total. The fourth-order valence-electron chi connectivity index (χ4n) is 2.88. The van der Waals surface area contributed by atoms with Gasteiger partial charge in [0.2, 0.25) is 11.2 Å². The lowest BCUT2D eigenvalue weighted by Crippen LogP contribution is -2.23. The lowest BCUT2D eigenvalue weighted by atomic mass is 9.93. The number of benzene rings is 1. The summed E-state index contributed by atoms with van der Waals surface area (Å²) in [6.07, 6.45) is 6.63. The van der Waals surface area contributed by atoms with E-state index in [9.17, 15) is 18.5 Å². The summed E-state index contributed by atoms with van der Waals surface area (Å²) in [7, 11) is 0. The molecule has 126 valence electrons. The highest BCUT2D eigenvalue weighted by Gasteiger charge is 2.32. The molecule has 2 aliphatic rings. The smallest absolute Gasteiger partial charge is 0.253 e. The van der Waals surface area contributed by atoms with Crippen molar-refractivity contribution in [2.24, 2.45) is 0 Å². The zero-order chi connectivity index (χ0) is 16.8. The number of halogens is 1. The molecule has 0 radical (unpaired) electrons. The van der Waals surface area contributed by atoms with Crippen molar-refractivity contribution >= 4 is 22.8 Å². The number of amides is 1. The van der Waals surface area contributed by atoms with Crippen LogP contribution in [0, 0.1) is 5.82 Å². The van der Waals surface area contributed by atoms with Gasteiger partial charge in [0.15, 0.2) is 5.82 Å². The van der Waals surface area contributed by atoms with Crippen molar-refractivity contribution in [1.82, 2.24) is 14.5 Å². The Kier molecular flexibility index (Phi) is 3.52. The number of anilines is 1. The van der Waals surface area contributed by atoms with E-state index >= 15 is 0 Å². The molecule has 4 rings (SSSR count). The second-order valence-electron chi connectivity index (χ2n) is 5.90. The van der Waals surface area contributed by atoms with Crippen LogP contribution < -0.4 is 9.03 Å². The Bertz CT molecular complexity index is 849. The van der Waals surface area contributed by atoms with Crippen LogP contribution in [0.3, 0.4) is 0 Å². The SMILES string of the molecule is O=C1CN(c2c(O)ccc(-c3cnn(C4CCC4)c3)c2F)S(=O)N1. The van der Waals surface area contributed by atoms with Gasteiger partial charge < -0.3 is 5.11 Å². The Hall–Kier alpha value is -2.42. The van der Waals surface area contributed by atoms with E-state index in [2.05, 4.69) is 9.82 Å². The number of aromatic nitrogens is 2. The molecule has 2 fully saturated rings. The fraction of sp³-hybridized carbons (Fsp3) is 0.333. The van der Waals surface area contributed by atoms with E-state index < -0.39 is 22.9 Å². The van der Waals surface area contributed by atoms with Crippen molar-refractivity contribution in [2.45, 2.75) is 25.3 Å². The normalized spacial score (nSPS) is 21.0. The van der Waals surface area contributed by atoms with Gasteiger partial charge in [0.1, 0.15) is 18.0 Å². The Morgan fingerprint density at radius 2 is 2.17 bits per heavy atom. The zero-order valence-electron chi connectivity index (χ0n) is 12.6. The van der Waals surface area contributed by atoms with Gasteiger partial charge in [0, 0.05) is 17.3 Å². The Balaban J connectivity index is 1.74. The summed E-state index contributed by atoms with van der Waals surface area (Å²) >= 11 is -1.91. The molecule has 1 aliphatic carbocycles. The third-order valence-corrected chi connectivity index (χ3v) is 5.51. The second-order valence-corrected chi connectivity index (χ2v) is 7.04. The number of nitrogens with one attached hydrogen (secondary N) is 1. The number of rotatable bonds is 3. The number of phenolic OH excluding ortho intramolecular Hbond substituents is 1. The summed E-state index contributed by atoms with van der Waals surface area (Å²) in [5.41, 5.74) is 0.565. The molecule has 9 heteroatoms. The fourth-order valence-corrected chi connectivity index (χ4v) is 3.82. The zero-order valence-corrected chi connectivity index (χ0v) is 13.4. The van der Waals surface area contributed by atoms with E-state index in [1.165, 1.54) is 18.6 Å². The maximum absolute atomic E-state index is 15.0. The van der Waals surface area contributed by atoms with Gasteiger partial charge in [-0.15, -0.1) is 0 Å². The molecule has 2 heterocycles. The minimum Gasteiger partial charge on any atom is -0.506 e. The van der Waals surface area contributed by atoms with Crippen molar-refractivity contribution in [3.63, 3.8) is 0 Å². The van der Waals surface area contributed by atoms with Gasteiger partial charge >= 0.3 is 0 Å². The van der Waals surface area contributed by atoms with Crippen molar-refractivity contribution in [3.8, 4) is 16.9 Å². The molecule has 1 atom stereocenters. The van der Waals surface area contributed by atoms with Crippen molar-refractivity contribution < 1.29 is 18.5 Å². The monoisotopic (exact) mass is 350 g/mol. The van der Waals surface area contributed by atoms with Gasteiger partial charge in [-0.2, -0.15) is 5.10 Å². The van der Waals surface area contributed by atoms with Crippen LogP contribution in [-0.4, -0.2) is 31.5 Å². The van der Waals surface area contributed by atoms with E-state index in [1.54, 1.807) is 12.4 Å². The number of hydrogen-bond donors (Lipinski definition) is 2. The minimum absolute atomic E-state index is 0.240. The molecule has 1 saturated heterocycles. The molecule has 0 spiro atoms. The number of aromatic hydroxyl groups is 1. The van der Waals surface area contributed by atoms with Gasteiger partial charge in [0.05, 0.1) is 12.2 Å². The first-order chi connectivity index (χ1) is 11.5. The molecule has 24 heavy (non-hydrogen) atoms. The van der Waals surface area contributed by atoms with Crippen LogP contribution in [-0.2, 0) is 16.0 Å². The average molecular weight is 350 g/mol. The number of carbonyl (C=O) groups is 1. The second kappa shape index (κ2) is 5.59. The summed E-state index contributed by atoms with van der Waals surface area (Å²) in [4.78, 5) is 11.4. The Labute approximate surface area is 139 Å². The molecule has 2 aromatic rings. The van der Waals surface area contributed by atoms with Crippen LogP contribution in [0.1, 0.15) is 25.3 Å². The number of phenols is 1. The molecular formula is C15H15FN4O3S. The van der Waals surface area contributed by atoms with Crippen LogP contribution in [0.2, 0.25) is 0 Å². The first-order valence-corrected chi connectivity index (χ1v) is 8.70. The van der Waals surface area contributed by atoms with Gasteiger partial charge in [-0.1, -0.05) is 0 Å². The van der Waals surface area contributed by atoms with E-state index in [0.29, 0.717) is 11.6 Å². The van der Waals surface area contributed by atoms with Gasteiger partial charge in [-0.05, 0) is 31.4 Å². The van der Waals surface area contributed by atoms with Crippen molar-refractivity contribution in [3.05, 3.63) is 30.3 Å². The first-order valence-electron chi connectivity index (χ1n) is 7.59. The molecule has 1 saturated carbocycles. The highest BCUT2D eigenvalue weighted by molar-refractivity contribution is 7.85. The third kappa shape index (κ3) is 2.35. The summed E-state index contributed by atoms with van der Waals surface area (Å²) in [5.74, 6) is -1.59. The van der Waals surface area contributed by atoms with Crippen LogP contribution in [0.25, 0.3) is 11.1 Å². The van der Waals surface area contributed by atoms with Gasteiger partial charge in [-0.25, -0.2) is 8.60 Å². The third-order valence-electron chi connectivity index (χ3n) is 4.39. The van der Waals surface area contributed by atoms with E-state index in [0.717, 1.165) is 17.1 Å². The molecule has 1 unspecified atom stereocenters. The highest BCUT2D eigenvalue weighted by atomic mass is 32.2. The first kappa shape index (κ1) is 15.1. The summed E-state index contributed by atoms with van der Waals surface area (Å²) in [6, 6.07) is 3.13. The summed E-state index contributed by atoms with van der Waals surface area (Å²) in [6.45, 7) is -0.276. The van der Waals surface area contributed by atoms with Crippen LogP contribution in [0.4, 0.5) is 10.1 Å². The highest BCUT2D eigenvalue weighted by Crippen LogP contribution is 2.39. The largest absolute Gasteiger partial charge is 0.506 e. The number of hydrogen-bond acceptors (Lipinski definition) is 4. The van der Waals surface area contributed by atoms with Crippen molar-refractivity contribution in [1.29, 1.82) is 0 Å². The quantitative estimate of drug-likeness (QED) is 0.881. The topological polar surface area (TPSA) is 87.5 Å². The maximum Gasteiger partial charge on any atom is 0.253 e. The molecule has 1 amide bonds. The van der Waals surface area contributed by atoms with Gasteiger partial charge in [-0.3, -0.25) is 18.5 Å². The lowest BCUT2D eigenvalue weighted by molar-refractivity contribution is -0.117. The van der Waals surface area contributed by atoms with E-state index in [1.807, 2.05) is 4.68 Å². The average Bonchev–Trinajstić information content (AvgIpc) is 3.05. The molecular weight excluding hydrogens is 335 g/mol. The standard InChI is InChI=1S/C15H15FN4O3S/c16-14-11(9-6-17-19(7-9)10-2-1-3-10)4-5-12(21)15(14)20-8-13(22)18-24(20)23/h4-7,10,21H,1-3,8H2,(H,18,22).